The van der Waals surface area contributed by atoms with Crippen molar-refractivity contribution in [1.29, 1.82) is 0 Å². The van der Waals surface area contributed by atoms with Gasteiger partial charge in [-0.3, -0.25) is 0 Å². The third-order valence-electron chi connectivity index (χ3n) is 5.61. The Hall–Kier alpha value is -4.18. The van der Waals surface area contributed by atoms with Crippen molar-refractivity contribution in [2.45, 2.75) is 25.8 Å². The highest BCUT2D eigenvalue weighted by molar-refractivity contribution is 7.09. The zero-order valence-electron chi connectivity index (χ0n) is 19.9. The summed E-state index contributed by atoms with van der Waals surface area (Å²) in [6.07, 6.45) is 1.06. The second-order valence-electron chi connectivity index (χ2n) is 8.06. The highest BCUT2D eigenvalue weighted by Gasteiger charge is 2.22. The predicted molar refractivity (Wildman–Crippen MR) is 140 cm³/mol. The Morgan fingerprint density at radius 1 is 1.11 bits per heavy atom. The predicted octanol–water partition coefficient (Wildman–Crippen LogP) is 4.12. The smallest absolute Gasteiger partial charge is 0.348 e. The van der Waals surface area contributed by atoms with Crippen LogP contribution in [0.4, 0.5) is 16.5 Å². The molecule has 0 saturated heterocycles. The molecule has 0 radical (unpaired) electrons. The fourth-order valence-corrected chi connectivity index (χ4v) is 4.48. The molecule has 2 amide bonds. The molecule has 0 spiro atoms. The number of urea groups is 1. The first-order valence-electron chi connectivity index (χ1n) is 11.3. The zero-order chi connectivity index (χ0) is 25.5. The summed E-state index contributed by atoms with van der Waals surface area (Å²) in [5.74, 6) is -0.510. The lowest BCUT2D eigenvalue weighted by Gasteiger charge is -2.16. The van der Waals surface area contributed by atoms with Gasteiger partial charge < -0.3 is 25.1 Å². The Balaban J connectivity index is 1.49. The van der Waals surface area contributed by atoms with Crippen molar-refractivity contribution >= 4 is 45.9 Å². The first-order chi connectivity index (χ1) is 17.4. The van der Waals surface area contributed by atoms with Crippen molar-refractivity contribution in [3.63, 3.8) is 0 Å². The molecule has 0 fully saturated rings. The van der Waals surface area contributed by atoms with E-state index in [2.05, 4.69) is 20.9 Å². The van der Waals surface area contributed by atoms with Crippen LogP contribution in [0.15, 0.2) is 69.2 Å². The van der Waals surface area contributed by atoms with Crippen LogP contribution in [0.2, 0.25) is 0 Å². The van der Waals surface area contributed by atoms with Gasteiger partial charge in [0, 0.05) is 23.5 Å². The van der Waals surface area contributed by atoms with Crippen molar-refractivity contribution in [3.8, 4) is 0 Å². The maximum absolute atomic E-state index is 12.9. The number of fused-ring (bicyclic) bond motifs is 1. The van der Waals surface area contributed by atoms with Gasteiger partial charge in [0.15, 0.2) is 0 Å². The van der Waals surface area contributed by atoms with Gasteiger partial charge in [0.1, 0.15) is 6.04 Å². The number of methoxy groups -OCH3 is 1. The van der Waals surface area contributed by atoms with Crippen LogP contribution in [-0.2, 0) is 22.4 Å². The van der Waals surface area contributed by atoms with Crippen LogP contribution in [-0.4, -0.2) is 36.7 Å². The molecule has 0 aliphatic carbocycles. The van der Waals surface area contributed by atoms with Gasteiger partial charge in [-0.05, 0) is 48.1 Å². The number of ether oxygens (including phenoxy) is 1. The molecule has 0 unspecified atom stereocenters. The van der Waals surface area contributed by atoms with Gasteiger partial charge in [0.05, 0.1) is 18.0 Å². The number of carbonyl (C=O) groups is 2. The van der Waals surface area contributed by atoms with E-state index in [1.54, 1.807) is 30.4 Å². The van der Waals surface area contributed by atoms with Crippen LogP contribution in [0.3, 0.4) is 0 Å². The van der Waals surface area contributed by atoms with Gasteiger partial charge >= 0.3 is 17.6 Å². The lowest BCUT2D eigenvalue weighted by Crippen LogP contribution is -2.33. The van der Waals surface area contributed by atoms with Gasteiger partial charge in [0.2, 0.25) is 0 Å². The molecule has 36 heavy (non-hydrogen) atoms. The number of nitrogens with zero attached hydrogens (tertiary/aromatic N) is 1. The monoisotopic (exact) mass is 506 g/mol. The minimum atomic E-state index is -0.801. The van der Waals surface area contributed by atoms with E-state index in [0.717, 1.165) is 12.0 Å². The summed E-state index contributed by atoms with van der Waals surface area (Å²) >= 11 is 1.64. The minimum Gasteiger partial charge on any atom is -0.467 e. The molecule has 4 aromatic rings. The summed E-state index contributed by atoms with van der Waals surface area (Å²) in [4.78, 5) is 43.1. The molecule has 10 heteroatoms. The van der Waals surface area contributed by atoms with Gasteiger partial charge in [-0.1, -0.05) is 36.4 Å². The highest BCUT2D eigenvalue weighted by atomic mass is 32.1. The number of aromatic nitrogens is 1. The number of amides is 2. The Bertz CT molecular complexity index is 1400. The molecule has 0 aliphatic rings. The van der Waals surface area contributed by atoms with Gasteiger partial charge in [-0.15, -0.1) is 11.3 Å². The van der Waals surface area contributed by atoms with Crippen LogP contribution in [0.25, 0.3) is 10.9 Å². The molecule has 0 aliphatic heterocycles. The largest absolute Gasteiger partial charge is 0.467 e. The summed E-state index contributed by atoms with van der Waals surface area (Å²) in [5.41, 5.74) is 1.65. The Morgan fingerprint density at radius 2 is 1.92 bits per heavy atom. The number of aryl methyl sites for hydroxylation is 1. The van der Waals surface area contributed by atoms with Crippen LogP contribution in [0.1, 0.15) is 16.0 Å². The van der Waals surface area contributed by atoms with E-state index in [4.69, 9.17) is 9.15 Å². The number of hydrogen-bond donors (Lipinski definition) is 3. The quantitative estimate of drug-likeness (QED) is 0.292. The molecule has 0 saturated carbocycles. The number of benzene rings is 2. The van der Waals surface area contributed by atoms with Gasteiger partial charge in [-0.25, -0.2) is 14.4 Å². The molecule has 186 valence electrons. The third kappa shape index (κ3) is 6.08. The number of thiophene rings is 1. The third-order valence-corrected chi connectivity index (χ3v) is 6.55. The number of hydrogen-bond acceptors (Lipinski definition) is 8. The van der Waals surface area contributed by atoms with E-state index in [0.29, 0.717) is 29.7 Å². The standard InChI is InChI=1S/C26H26N4O5S/c1-16-19(28-25(33)27-13-12-18-9-6-14-36-18)10-11-20-22(16)24(32)35-26(29-20)30-21(23(31)34-2)15-17-7-4-3-5-8-17/h3-11,14,21H,12-13,15H2,1-2H3,(H,29,30)(H2,27,28,33)/t21-/m0/s1. The Morgan fingerprint density at radius 3 is 2.64 bits per heavy atom. The molecule has 9 nitrogen and oxygen atoms in total. The molecular formula is C26H26N4O5S. The Kier molecular flexibility index (Phi) is 7.96. The molecule has 2 aromatic heterocycles. The number of anilines is 2. The maximum atomic E-state index is 12.9. The van der Waals surface area contributed by atoms with Crippen LogP contribution >= 0.6 is 11.3 Å². The Labute approximate surface area is 211 Å². The van der Waals surface area contributed by atoms with Crippen molar-refractivity contribution in [2.24, 2.45) is 0 Å². The van der Waals surface area contributed by atoms with E-state index >= 15 is 0 Å². The lowest BCUT2D eigenvalue weighted by molar-refractivity contribution is -0.141. The SMILES string of the molecule is COC(=O)[C@H](Cc1ccccc1)Nc1nc2ccc(NC(=O)NCCc3cccs3)c(C)c2c(=O)o1. The van der Waals surface area contributed by atoms with Crippen molar-refractivity contribution < 1.29 is 18.7 Å². The number of nitrogens with one attached hydrogen (secondary N) is 3. The van der Waals surface area contributed by atoms with Gasteiger partial charge in [0.25, 0.3) is 6.01 Å². The van der Waals surface area contributed by atoms with Gasteiger partial charge in [-0.2, -0.15) is 4.98 Å². The van der Waals surface area contributed by atoms with Crippen LogP contribution < -0.4 is 21.6 Å². The molecule has 0 bridgehead atoms. The maximum Gasteiger partial charge on any atom is 0.348 e. The van der Waals surface area contributed by atoms with Crippen molar-refractivity contribution in [2.75, 3.05) is 24.3 Å². The number of esters is 1. The fourth-order valence-electron chi connectivity index (χ4n) is 3.77. The first-order valence-corrected chi connectivity index (χ1v) is 12.2. The molecular weight excluding hydrogens is 480 g/mol. The topological polar surface area (TPSA) is 123 Å². The van der Waals surface area contributed by atoms with E-state index < -0.39 is 17.6 Å². The molecule has 2 heterocycles. The molecule has 3 N–H and O–H groups in total. The number of rotatable bonds is 9. The van der Waals surface area contributed by atoms with E-state index in [9.17, 15) is 14.4 Å². The highest BCUT2D eigenvalue weighted by Crippen LogP contribution is 2.23. The lowest BCUT2D eigenvalue weighted by atomic mass is 10.1. The molecule has 1 atom stereocenters. The van der Waals surface area contributed by atoms with E-state index in [1.807, 2.05) is 47.8 Å². The van der Waals surface area contributed by atoms with Crippen LogP contribution in [0.5, 0.6) is 0 Å². The number of carbonyl (C=O) groups excluding carboxylic acids is 2. The summed E-state index contributed by atoms with van der Waals surface area (Å²) in [7, 11) is 1.29. The van der Waals surface area contributed by atoms with E-state index in [-0.39, 0.29) is 17.4 Å². The average Bonchev–Trinajstić information content (AvgIpc) is 3.39. The minimum absolute atomic E-state index is 0.0924. The fraction of sp³-hybridized carbons (Fsp3) is 0.231. The van der Waals surface area contributed by atoms with E-state index in [1.165, 1.54) is 12.0 Å². The molecule has 2 aromatic carbocycles. The summed E-state index contributed by atoms with van der Waals surface area (Å²) in [5, 5.41) is 10.7. The summed E-state index contributed by atoms with van der Waals surface area (Å²) < 4.78 is 10.3. The summed E-state index contributed by atoms with van der Waals surface area (Å²) in [6.45, 7) is 2.20. The second-order valence-corrected chi connectivity index (χ2v) is 9.09. The summed E-state index contributed by atoms with van der Waals surface area (Å²) in [6, 6.07) is 15.4. The van der Waals surface area contributed by atoms with Crippen LogP contribution in [0, 0.1) is 6.92 Å². The zero-order valence-corrected chi connectivity index (χ0v) is 20.7. The second kappa shape index (κ2) is 11.5. The normalized spacial score (nSPS) is 11.6. The molecule has 4 rings (SSSR count). The average molecular weight is 507 g/mol. The van der Waals surface area contributed by atoms with Crippen molar-refractivity contribution in [3.05, 3.63) is 86.4 Å². The van der Waals surface area contributed by atoms with Crippen molar-refractivity contribution in [1.82, 2.24) is 10.3 Å². The first kappa shape index (κ1) is 24.9.